The summed E-state index contributed by atoms with van der Waals surface area (Å²) in [5.41, 5.74) is 0.808. The van der Waals surface area contributed by atoms with Crippen molar-refractivity contribution in [1.82, 2.24) is 5.43 Å². The molecule has 2 heterocycles. The van der Waals surface area contributed by atoms with Crippen molar-refractivity contribution in [3.63, 3.8) is 0 Å². The summed E-state index contributed by atoms with van der Waals surface area (Å²) in [6, 6.07) is 13.6. The fourth-order valence-electron chi connectivity index (χ4n) is 3.77. The van der Waals surface area contributed by atoms with E-state index in [1.165, 1.54) is 24.3 Å². The molecule has 2 atom stereocenters. The number of nitrogens with zero attached hydrogens (tertiary/aromatic N) is 3. The molecule has 0 bridgehead atoms. The van der Waals surface area contributed by atoms with E-state index in [1.807, 2.05) is 0 Å². The summed E-state index contributed by atoms with van der Waals surface area (Å²) >= 11 is 0. The molecule has 0 aliphatic carbocycles. The van der Waals surface area contributed by atoms with Gasteiger partial charge in [0.05, 0.1) is 17.2 Å². The number of benzene rings is 2. The number of fused-ring (bicyclic) bond motifs is 1. The van der Waals surface area contributed by atoms with Gasteiger partial charge >= 0.3 is 5.97 Å². The molecule has 2 aromatic carbocycles. The summed E-state index contributed by atoms with van der Waals surface area (Å²) in [6.07, 6.45) is 0. The summed E-state index contributed by atoms with van der Waals surface area (Å²) in [5, 5.41) is 15.2. The Morgan fingerprint density at radius 3 is 2.63 bits per heavy atom. The van der Waals surface area contributed by atoms with Crippen LogP contribution in [-0.4, -0.2) is 35.0 Å². The van der Waals surface area contributed by atoms with Crippen LogP contribution in [0.15, 0.2) is 59.7 Å². The second kappa shape index (κ2) is 7.07. The van der Waals surface area contributed by atoms with Crippen molar-refractivity contribution in [2.75, 3.05) is 11.5 Å². The smallest absolute Gasteiger partial charge is 0.355 e. The van der Waals surface area contributed by atoms with Crippen LogP contribution in [0.1, 0.15) is 12.5 Å². The summed E-state index contributed by atoms with van der Waals surface area (Å²) < 4.78 is 5.00. The van der Waals surface area contributed by atoms with E-state index in [4.69, 9.17) is 4.74 Å². The van der Waals surface area contributed by atoms with Gasteiger partial charge in [0.15, 0.2) is 11.3 Å². The van der Waals surface area contributed by atoms with Crippen molar-refractivity contribution >= 4 is 34.9 Å². The van der Waals surface area contributed by atoms with Crippen molar-refractivity contribution in [3.05, 3.63) is 70.3 Å². The van der Waals surface area contributed by atoms with Gasteiger partial charge in [-0.1, -0.05) is 30.3 Å². The van der Waals surface area contributed by atoms with Gasteiger partial charge < -0.3 is 4.74 Å². The van der Waals surface area contributed by atoms with E-state index in [2.05, 4.69) is 10.5 Å². The Morgan fingerprint density at radius 1 is 1.23 bits per heavy atom. The first-order chi connectivity index (χ1) is 14.4. The lowest BCUT2D eigenvalue weighted by atomic mass is 9.78. The Labute approximate surface area is 170 Å². The molecule has 1 saturated heterocycles. The Kier molecular flexibility index (Phi) is 4.53. The number of hydrogen-bond donors (Lipinski definition) is 1. The van der Waals surface area contributed by atoms with Gasteiger partial charge in [0.2, 0.25) is 5.91 Å². The Balaban J connectivity index is 1.89. The standard InChI is InChI=1S/C20H16N4O6/c1-2-30-18(26)16-15-17(25)23(13-8-4-3-5-9-13)19(27)20(15,22-21-16)12-7-6-10-14(11-12)24(28)29/h3-11,15,22H,2H2,1H3/t15?,20-/m0/s1. The number of nitro benzene ring substituents is 1. The Bertz CT molecular complexity index is 1100. The number of carbonyl (C=O) groups is 3. The number of imide groups is 1. The van der Waals surface area contributed by atoms with Crippen LogP contribution in [0.5, 0.6) is 0 Å². The molecule has 152 valence electrons. The molecule has 0 radical (unpaired) electrons. The number of hydrogen-bond acceptors (Lipinski definition) is 8. The van der Waals surface area contributed by atoms with Gasteiger partial charge in [-0.2, -0.15) is 5.10 Å². The van der Waals surface area contributed by atoms with Crippen LogP contribution in [0.3, 0.4) is 0 Å². The molecule has 10 heteroatoms. The molecule has 2 amide bonds. The minimum absolute atomic E-state index is 0.0545. The zero-order valence-electron chi connectivity index (χ0n) is 15.8. The van der Waals surface area contributed by atoms with Crippen LogP contribution in [-0.2, 0) is 24.7 Å². The Hall–Kier alpha value is -4.08. The van der Waals surface area contributed by atoms with Gasteiger partial charge in [-0.25, -0.2) is 9.69 Å². The predicted molar refractivity (Wildman–Crippen MR) is 104 cm³/mol. The SMILES string of the molecule is CCOC(=O)C1=NN[C@]2(c3cccc([N+](=O)[O-])c3)C(=O)N(c3ccccc3)C(=O)C12. The van der Waals surface area contributed by atoms with Gasteiger partial charge in [-0.3, -0.25) is 25.1 Å². The normalized spacial score (nSPS) is 22.4. The average molecular weight is 408 g/mol. The highest BCUT2D eigenvalue weighted by Crippen LogP contribution is 2.45. The second-order valence-electron chi connectivity index (χ2n) is 6.69. The third-order valence-corrected chi connectivity index (χ3v) is 5.08. The first-order valence-corrected chi connectivity index (χ1v) is 9.12. The molecular formula is C20H16N4O6. The fraction of sp³-hybridized carbons (Fsp3) is 0.200. The highest BCUT2D eigenvalue weighted by atomic mass is 16.6. The number of non-ortho nitro benzene ring substituents is 1. The maximum absolute atomic E-state index is 13.6. The van der Waals surface area contributed by atoms with E-state index in [1.54, 1.807) is 37.3 Å². The number of carbonyl (C=O) groups excluding carboxylic acids is 3. The van der Waals surface area contributed by atoms with E-state index in [9.17, 15) is 24.5 Å². The van der Waals surface area contributed by atoms with Crippen LogP contribution in [0.25, 0.3) is 0 Å². The van der Waals surface area contributed by atoms with Gasteiger partial charge in [0.25, 0.3) is 11.6 Å². The number of hydrazone groups is 1. The van der Waals surface area contributed by atoms with E-state index in [0.717, 1.165) is 4.90 Å². The highest BCUT2D eigenvalue weighted by Gasteiger charge is 2.67. The predicted octanol–water partition coefficient (Wildman–Crippen LogP) is 1.50. The van der Waals surface area contributed by atoms with Gasteiger partial charge in [0.1, 0.15) is 5.92 Å². The van der Waals surface area contributed by atoms with Crippen molar-refractivity contribution in [1.29, 1.82) is 0 Å². The van der Waals surface area contributed by atoms with Crippen molar-refractivity contribution < 1.29 is 24.0 Å². The number of rotatable bonds is 5. The molecule has 1 fully saturated rings. The Morgan fingerprint density at radius 2 is 1.97 bits per heavy atom. The first kappa shape index (κ1) is 19.2. The zero-order chi connectivity index (χ0) is 21.5. The average Bonchev–Trinajstić information content (AvgIpc) is 3.25. The molecule has 0 saturated carbocycles. The van der Waals surface area contributed by atoms with E-state index < -0.39 is 34.2 Å². The maximum atomic E-state index is 13.6. The molecule has 0 spiro atoms. The minimum atomic E-state index is -1.79. The van der Waals surface area contributed by atoms with Crippen LogP contribution >= 0.6 is 0 Å². The van der Waals surface area contributed by atoms with Crippen molar-refractivity contribution in [3.8, 4) is 0 Å². The topological polar surface area (TPSA) is 131 Å². The van der Waals surface area contributed by atoms with Crippen LogP contribution in [0.2, 0.25) is 0 Å². The molecular weight excluding hydrogens is 392 g/mol. The van der Waals surface area contributed by atoms with Crippen LogP contribution in [0.4, 0.5) is 11.4 Å². The highest BCUT2D eigenvalue weighted by molar-refractivity contribution is 6.47. The fourth-order valence-corrected chi connectivity index (χ4v) is 3.77. The number of anilines is 1. The van der Waals surface area contributed by atoms with E-state index >= 15 is 0 Å². The number of ether oxygens (including phenoxy) is 1. The monoisotopic (exact) mass is 408 g/mol. The molecule has 0 aromatic heterocycles. The minimum Gasteiger partial charge on any atom is -0.461 e. The molecule has 30 heavy (non-hydrogen) atoms. The second-order valence-corrected chi connectivity index (χ2v) is 6.69. The maximum Gasteiger partial charge on any atom is 0.355 e. The van der Waals surface area contributed by atoms with Crippen molar-refractivity contribution in [2.45, 2.75) is 12.5 Å². The molecule has 1 unspecified atom stereocenters. The molecule has 2 aliphatic rings. The van der Waals surface area contributed by atoms with Gasteiger partial charge in [0, 0.05) is 12.1 Å². The third-order valence-electron chi connectivity index (χ3n) is 5.08. The van der Waals surface area contributed by atoms with Gasteiger partial charge in [-0.15, -0.1) is 0 Å². The van der Waals surface area contributed by atoms with Crippen molar-refractivity contribution in [2.24, 2.45) is 11.0 Å². The molecule has 2 aromatic rings. The zero-order valence-corrected chi connectivity index (χ0v) is 15.8. The molecule has 2 aliphatic heterocycles. The number of para-hydroxylation sites is 1. The van der Waals surface area contributed by atoms with Gasteiger partial charge in [-0.05, 0) is 24.6 Å². The lowest BCUT2D eigenvalue weighted by Crippen LogP contribution is -2.48. The number of nitrogens with one attached hydrogen (secondary N) is 1. The number of amides is 2. The lowest BCUT2D eigenvalue weighted by molar-refractivity contribution is -0.385. The van der Waals surface area contributed by atoms with E-state index in [0.29, 0.717) is 5.69 Å². The molecule has 1 N–H and O–H groups in total. The summed E-state index contributed by atoms with van der Waals surface area (Å²) in [7, 11) is 0. The van der Waals surface area contributed by atoms with E-state index in [-0.39, 0.29) is 23.6 Å². The lowest BCUT2D eigenvalue weighted by Gasteiger charge is -2.26. The third kappa shape index (κ3) is 2.65. The number of nitro groups is 1. The van der Waals surface area contributed by atoms with Crippen LogP contribution < -0.4 is 10.3 Å². The molecule has 10 nitrogen and oxygen atoms in total. The summed E-state index contributed by atoms with van der Waals surface area (Å²) in [4.78, 5) is 51.0. The number of esters is 1. The quantitative estimate of drug-likeness (QED) is 0.343. The largest absolute Gasteiger partial charge is 0.461 e. The summed E-state index contributed by atoms with van der Waals surface area (Å²) in [6.45, 7) is 1.66. The van der Waals surface area contributed by atoms with Crippen LogP contribution in [0, 0.1) is 16.0 Å². The first-order valence-electron chi connectivity index (χ1n) is 9.12. The summed E-state index contributed by atoms with van der Waals surface area (Å²) in [5.74, 6) is -3.52. The molecule has 4 rings (SSSR count).